The number of carboxylic acids is 1. The van der Waals surface area contributed by atoms with Gasteiger partial charge >= 0.3 is 5.97 Å². The van der Waals surface area contributed by atoms with Crippen molar-refractivity contribution in [2.24, 2.45) is 5.92 Å². The molecule has 1 aromatic rings. The summed E-state index contributed by atoms with van der Waals surface area (Å²) in [5, 5.41) is 9.06. The van der Waals surface area contributed by atoms with Crippen molar-refractivity contribution < 1.29 is 14.7 Å². The van der Waals surface area contributed by atoms with Gasteiger partial charge in [-0.25, -0.2) is 0 Å². The van der Waals surface area contributed by atoms with Crippen LogP contribution >= 0.6 is 0 Å². The zero-order valence-corrected chi connectivity index (χ0v) is 16.3. The van der Waals surface area contributed by atoms with Gasteiger partial charge in [0.15, 0.2) is 0 Å². The highest BCUT2D eigenvalue weighted by molar-refractivity contribution is 5.77. The number of hydrogen-bond acceptors (Lipinski definition) is 4. The molecule has 0 saturated carbocycles. The van der Waals surface area contributed by atoms with Gasteiger partial charge in [0.1, 0.15) is 0 Å². The Hall–Kier alpha value is -2.08. The number of aliphatic carboxylic acids is 1. The Kier molecular flexibility index (Phi) is 6.72. The maximum atomic E-state index is 12.4. The first-order valence-electron chi connectivity index (χ1n) is 10.1. The molecular weight excluding hydrogens is 342 g/mol. The van der Waals surface area contributed by atoms with Crippen molar-refractivity contribution >= 4 is 17.6 Å². The van der Waals surface area contributed by atoms with Crippen LogP contribution in [0.25, 0.3) is 0 Å². The van der Waals surface area contributed by atoms with E-state index in [9.17, 15) is 9.59 Å². The normalized spacial score (nSPS) is 19.3. The van der Waals surface area contributed by atoms with Crippen LogP contribution in [0.2, 0.25) is 0 Å². The molecule has 2 heterocycles. The zero-order chi connectivity index (χ0) is 19.2. The highest BCUT2D eigenvalue weighted by atomic mass is 16.4. The molecule has 3 rings (SSSR count). The van der Waals surface area contributed by atoms with Gasteiger partial charge in [0.2, 0.25) is 5.91 Å². The molecule has 0 radical (unpaired) electrons. The monoisotopic (exact) mass is 373 g/mol. The first kappa shape index (κ1) is 19.7. The topological polar surface area (TPSA) is 64.1 Å². The molecule has 0 unspecified atom stereocenters. The molecule has 1 aromatic carbocycles. The Morgan fingerprint density at radius 1 is 1.04 bits per heavy atom. The van der Waals surface area contributed by atoms with E-state index in [1.807, 2.05) is 4.90 Å². The van der Waals surface area contributed by atoms with Crippen LogP contribution in [-0.4, -0.2) is 72.6 Å². The van der Waals surface area contributed by atoms with Crippen molar-refractivity contribution in [2.75, 3.05) is 50.7 Å². The first-order valence-corrected chi connectivity index (χ1v) is 10.1. The summed E-state index contributed by atoms with van der Waals surface area (Å²) < 4.78 is 0. The van der Waals surface area contributed by atoms with E-state index in [-0.39, 0.29) is 11.8 Å². The number of rotatable bonds is 6. The summed E-state index contributed by atoms with van der Waals surface area (Å²) in [6, 6.07) is 8.61. The van der Waals surface area contributed by atoms with E-state index >= 15 is 0 Å². The van der Waals surface area contributed by atoms with Crippen LogP contribution in [0.3, 0.4) is 0 Å². The number of carbonyl (C=O) groups excluding carboxylic acids is 1. The van der Waals surface area contributed by atoms with Crippen LogP contribution in [0.4, 0.5) is 5.69 Å². The van der Waals surface area contributed by atoms with Crippen molar-refractivity contribution in [3.8, 4) is 0 Å². The van der Waals surface area contributed by atoms with Gasteiger partial charge < -0.3 is 14.9 Å². The minimum atomic E-state index is -0.732. The number of aryl methyl sites for hydroxylation is 1. The van der Waals surface area contributed by atoms with Gasteiger partial charge in [-0.1, -0.05) is 25.1 Å². The molecular formula is C21H31N3O3. The van der Waals surface area contributed by atoms with Crippen LogP contribution < -0.4 is 4.90 Å². The second-order valence-corrected chi connectivity index (χ2v) is 7.55. The van der Waals surface area contributed by atoms with Gasteiger partial charge in [-0.3, -0.25) is 14.5 Å². The molecule has 2 fully saturated rings. The average molecular weight is 373 g/mol. The zero-order valence-electron chi connectivity index (χ0n) is 16.3. The van der Waals surface area contributed by atoms with E-state index in [1.165, 1.54) is 11.3 Å². The third-order valence-corrected chi connectivity index (χ3v) is 5.92. The lowest BCUT2D eigenvalue weighted by atomic mass is 9.97. The van der Waals surface area contributed by atoms with Crippen LogP contribution in [0, 0.1) is 5.92 Å². The quantitative estimate of drug-likeness (QED) is 0.827. The van der Waals surface area contributed by atoms with Crippen LogP contribution in [-0.2, 0) is 16.0 Å². The van der Waals surface area contributed by atoms with Crippen LogP contribution in [0.15, 0.2) is 24.3 Å². The second kappa shape index (κ2) is 9.22. The molecule has 2 aliphatic heterocycles. The van der Waals surface area contributed by atoms with E-state index in [0.717, 1.165) is 39.1 Å². The van der Waals surface area contributed by atoms with E-state index < -0.39 is 5.97 Å². The lowest BCUT2D eigenvalue weighted by Crippen LogP contribution is -2.48. The number of hydrogen-bond donors (Lipinski definition) is 1. The van der Waals surface area contributed by atoms with Gasteiger partial charge in [-0.15, -0.1) is 0 Å². The number of carbonyl (C=O) groups is 2. The van der Waals surface area contributed by atoms with Gasteiger partial charge in [0, 0.05) is 57.9 Å². The van der Waals surface area contributed by atoms with E-state index in [0.29, 0.717) is 32.4 Å². The van der Waals surface area contributed by atoms with Crippen LogP contribution in [0.5, 0.6) is 0 Å². The maximum Gasteiger partial charge on any atom is 0.306 e. The number of para-hydroxylation sites is 1. The molecule has 0 aliphatic carbocycles. The Morgan fingerprint density at radius 3 is 2.33 bits per heavy atom. The SMILES string of the molecule is CCc1ccccc1N1CCN(CCC(=O)N2CCC(C(=O)O)CC2)CC1. The molecule has 6 nitrogen and oxygen atoms in total. The summed E-state index contributed by atoms with van der Waals surface area (Å²) in [7, 11) is 0. The number of amides is 1. The number of benzene rings is 1. The predicted octanol–water partition coefficient (Wildman–Crippen LogP) is 2.08. The van der Waals surface area contributed by atoms with Gasteiger partial charge in [0.05, 0.1) is 5.92 Å². The number of likely N-dealkylation sites (tertiary alicyclic amines) is 1. The summed E-state index contributed by atoms with van der Waals surface area (Å²) in [5.74, 6) is -0.852. The highest BCUT2D eigenvalue weighted by Gasteiger charge is 2.27. The molecule has 2 saturated heterocycles. The summed E-state index contributed by atoms with van der Waals surface area (Å²) in [4.78, 5) is 30.1. The third-order valence-electron chi connectivity index (χ3n) is 5.92. The Labute approximate surface area is 161 Å². The van der Waals surface area contributed by atoms with Crippen molar-refractivity contribution in [1.82, 2.24) is 9.80 Å². The fraction of sp³-hybridized carbons (Fsp3) is 0.619. The predicted molar refractivity (Wildman–Crippen MR) is 106 cm³/mol. The van der Waals surface area contributed by atoms with Crippen molar-refractivity contribution in [1.29, 1.82) is 0 Å². The first-order chi connectivity index (χ1) is 13.1. The standard InChI is InChI=1S/C21H31N3O3/c1-2-17-5-3-4-6-19(17)23-15-13-22(14-16-23)10-9-20(25)24-11-7-18(8-12-24)21(26)27/h3-6,18H,2,7-16H2,1H3,(H,26,27). The summed E-state index contributed by atoms with van der Waals surface area (Å²) >= 11 is 0. The molecule has 1 amide bonds. The highest BCUT2D eigenvalue weighted by Crippen LogP contribution is 2.22. The smallest absolute Gasteiger partial charge is 0.306 e. The minimum absolute atomic E-state index is 0.164. The molecule has 0 aromatic heterocycles. The van der Waals surface area contributed by atoms with E-state index in [1.54, 1.807) is 0 Å². The molecule has 0 atom stereocenters. The molecule has 2 aliphatic rings. The van der Waals surface area contributed by atoms with Gasteiger partial charge in [0.25, 0.3) is 0 Å². The molecule has 148 valence electrons. The molecule has 27 heavy (non-hydrogen) atoms. The van der Waals surface area contributed by atoms with Crippen molar-refractivity contribution in [3.63, 3.8) is 0 Å². The Bertz CT molecular complexity index is 648. The lowest BCUT2D eigenvalue weighted by Gasteiger charge is -2.37. The molecule has 0 bridgehead atoms. The molecule has 6 heteroatoms. The number of anilines is 1. The summed E-state index contributed by atoms with van der Waals surface area (Å²) in [6.07, 6.45) is 2.74. The Balaban J connectivity index is 1.41. The fourth-order valence-electron chi connectivity index (χ4n) is 4.12. The van der Waals surface area contributed by atoms with Crippen molar-refractivity contribution in [2.45, 2.75) is 32.6 Å². The lowest BCUT2D eigenvalue weighted by molar-refractivity contribution is -0.145. The molecule has 0 spiro atoms. The van der Waals surface area contributed by atoms with E-state index in [2.05, 4.69) is 41.0 Å². The van der Waals surface area contributed by atoms with Gasteiger partial charge in [-0.05, 0) is 30.9 Å². The van der Waals surface area contributed by atoms with Crippen LogP contribution in [0.1, 0.15) is 31.7 Å². The number of piperazine rings is 1. The summed E-state index contributed by atoms with van der Waals surface area (Å²) in [5.41, 5.74) is 2.74. The number of carboxylic acid groups (broad SMARTS) is 1. The largest absolute Gasteiger partial charge is 0.481 e. The fourth-order valence-corrected chi connectivity index (χ4v) is 4.12. The Morgan fingerprint density at radius 2 is 1.70 bits per heavy atom. The minimum Gasteiger partial charge on any atom is -0.481 e. The summed E-state index contributed by atoms with van der Waals surface area (Å²) in [6.45, 7) is 8.10. The molecule has 1 N–H and O–H groups in total. The second-order valence-electron chi connectivity index (χ2n) is 7.55. The number of nitrogens with zero attached hydrogens (tertiary/aromatic N) is 3. The van der Waals surface area contributed by atoms with Gasteiger partial charge in [-0.2, -0.15) is 0 Å². The number of piperidine rings is 1. The maximum absolute atomic E-state index is 12.4. The van der Waals surface area contributed by atoms with Crippen molar-refractivity contribution in [3.05, 3.63) is 29.8 Å². The van der Waals surface area contributed by atoms with E-state index in [4.69, 9.17) is 5.11 Å². The average Bonchev–Trinajstić information content (AvgIpc) is 2.72. The third kappa shape index (κ3) is 5.01.